The minimum absolute atomic E-state index is 0.0275. The molecule has 190 valence electrons. The molecular weight excluding hydrogens is 509 g/mol. The summed E-state index contributed by atoms with van der Waals surface area (Å²) < 4.78 is 26.2. The van der Waals surface area contributed by atoms with Crippen molar-refractivity contribution in [3.8, 4) is 0 Å². The van der Waals surface area contributed by atoms with E-state index >= 15 is 0 Å². The summed E-state index contributed by atoms with van der Waals surface area (Å²) in [5.74, 6) is -0.787. The number of nitrogens with zero attached hydrogens (tertiary/aromatic N) is 2. The molecule has 0 aliphatic heterocycles. The molecule has 0 saturated heterocycles. The van der Waals surface area contributed by atoms with Crippen LogP contribution in [0.3, 0.4) is 0 Å². The lowest BCUT2D eigenvalue weighted by Crippen LogP contribution is -2.53. The molecular formula is C25H31Cl2N3O4S. The molecule has 0 aromatic heterocycles. The maximum absolute atomic E-state index is 13.7. The molecule has 3 rings (SSSR count). The van der Waals surface area contributed by atoms with Gasteiger partial charge in [0.25, 0.3) is 0 Å². The number of benzene rings is 2. The summed E-state index contributed by atoms with van der Waals surface area (Å²) >= 11 is 12.8. The normalized spacial score (nSPS) is 15.0. The third-order valence-electron chi connectivity index (χ3n) is 6.20. The molecule has 0 spiro atoms. The molecule has 2 aromatic rings. The van der Waals surface area contributed by atoms with Gasteiger partial charge in [-0.1, -0.05) is 67.2 Å². The minimum Gasteiger partial charge on any atom is -0.352 e. The summed E-state index contributed by atoms with van der Waals surface area (Å²) in [6, 6.07) is 12.7. The van der Waals surface area contributed by atoms with Crippen molar-refractivity contribution >= 4 is 50.7 Å². The van der Waals surface area contributed by atoms with Gasteiger partial charge >= 0.3 is 0 Å². The van der Waals surface area contributed by atoms with E-state index < -0.39 is 28.5 Å². The average Bonchev–Trinajstić information content (AvgIpc) is 3.32. The van der Waals surface area contributed by atoms with E-state index in [0.717, 1.165) is 36.2 Å². The van der Waals surface area contributed by atoms with E-state index in [1.54, 1.807) is 48.5 Å². The number of rotatable bonds is 10. The second-order valence-electron chi connectivity index (χ2n) is 8.74. The molecule has 1 N–H and O–H groups in total. The van der Waals surface area contributed by atoms with Crippen molar-refractivity contribution in [1.29, 1.82) is 0 Å². The van der Waals surface area contributed by atoms with Crippen LogP contribution in [0.15, 0.2) is 48.5 Å². The van der Waals surface area contributed by atoms with Crippen molar-refractivity contribution in [2.45, 2.75) is 57.7 Å². The SMILES string of the molecule is CC[C@H](C(=O)NC1CCCC1)N(Cc1c(Cl)cccc1Cl)C(=O)CN(c1ccccc1)S(C)(=O)=O. The van der Waals surface area contributed by atoms with Gasteiger partial charge < -0.3 is 10.2 Å². The van der Waals surface area contributed by atoms with E-state index in [0.29, 0.717) is 27.7 Å². The zero-order valence-corrected chi connectivity index (χ0v) is 22.2. The number of amides is 2. The van der Waals surface area contributed by atoms with Gasteiger partial charge in [0.2, 0.25) is 21.8 Å². The quantitative estimate of drug-likeness (QED) is 0.476. The van der Waals surface area contributed by atoms with Crippen LogP contribution in [0.1, 0.15) is 44.6 Å². The third-order valence-corrected chi connectivity index (χ3v) is 8.05. The van der Waals surface area contributed by atoms with Gasteiger partial charge in [0.1, 0.15) is 12.6 Å². The van der Waals surface area contributed by atoms with E-state index in [9.17, 15) is 18.0 Å². The van der Waals surface area contributed by atoms with E-state index in [1.165, 1.54) is 4.90 Å². The molecule has 0 radical (unpaired) electrons. The monoisotopic (exact) mass is 539 g/mol. The highest BCUT2D eigenvalue weighted by Crippen LogP contribution is 2.28. The summed E-state index contributed by atoms with van der Waals surface area (Å²) in [5.41, 5.74) is 0.865. The number of para-hydroxylation sites is 1. The Hall–Kier alpha value is -2.29. The van der Waals surface area contributed by atoms with Gasteiger partial charge in [0, 0.05) is 28.2 Å². The summed E-state index contributed by atoms with van der Waals surface area (Å²) in [4.78, 5) is 28.4. The number of carbonyl (C=O) groups excluding carboxylic acids is 2. The fraction of sp³-hybridized carbons (Fsp3) is 0.440. The van der Waals surface area contributed by atoms with Crippen LogP contribution in [-0.4, -0.2) is 50.0 Å². The Kier molecular flexibility index (Phi) is 9.44. The zero-order chi connectivity index (χ0) is 25.6. The zero-order valence-electron chi connectivity index (χ0n) is 19.9. The molecule has 2 aromatic carbocycles. The molecule has 2 amide bonds. The molecule has 1 aliphatic rings. The maximum Gasteiger partial charge on any atom is 0.244 e. The van der Waals surface area contributed by atoms with Gasteiger partial charge in [-0.3, -0.25) is 13.9 Å². The second kappa shape index (κ2) is 12.1. The highest BCUT2D eigenvalue weighted by atomic mass is 35.5. The average molecular weight is 541 g/mol. The number of anilines is 1. The van der Waals surface area contributed by atoms with Crippen molar-refractivity contribution in [3.63, 3.8) is 0 Å². The first kappa shape index (κ1) is 27.3. The smallest absolute Gasteiger partial charge is 0.244 e. The van der Waals surface area contributed by atoms with E-state index in [4.69, 9.17) is 23.2 Å². The van der Waals surface area contributed by atoms with Crippen LogP contribution in [0, 0.1) is 0 Å². The fourth-order valence-electron chi connectivity index (χ4n) is 4.35. The Morgan fingerprint density at radius 1 is 1.03 bits per heavy atom. The summed E-state index contributed by atoms with van der Waals surface area (Å²) in [6.07, 6.45) is 5.31. The highest BCUT2D eigenvalue weighted by molar-refractivity contribution is 7.92. The molecule has 0 bridgehead atoms. The van der Waals surface area contributed by atoms with Gasteiger partial charge in [0.05, 0.1) is 11.9 Å². The molecule has 0 heterocycles. The topological polar surface area (TPSA) is 86.8 Å². The Morgan fingerprint density at radius 2 is 1.63 bits per heavy atom. The lowest BCUT2D eigenvalue weighted by molar-refractivity contribution is -0.140. The van der Waals surface area contributed by atoms with Gasteiger partial charge in [0.15, 0.2) is 0 Å². The van der Waals surface area contributed by atoms with E-state index in [1.807, 2.05) is 6.92 Å². The first-order valence-electron chi connectivity index (χ1n) is 11.7. The summed E-state index contributed by atoms with van der Waals surface area (Å²) in [5, 5.41) is 3.80. The molecule has 0 unspecified atom stereocenters. The van der Waals surface area contributed by atoms with Crippen molar-refractivity contribution in [1.82, 2.24) is 10.2 Å². The molecule has 7 nitrogen and oxygen atoms in total. The van der Waals surface area contributed by atoms with Gasteiger partial charge in [-0.25, -0.2) is 8.42 Å². The number of halogens is 2. The van der Waals surface area contributed by atoms with E-state index in [2.05, 4.69) is 5.32 Å². The highest BCUT2D eigenvalue weighted by Gasteiger charge is 2.33. The fourth-order valence-corrected chi connectivity index (χ4v) is 5.72. The Balaban J connectivity index is 1.95. The molecule has 10 heteroatoms. The van der Waals surface area contributed by atoms with Crippen LogP contribution in [0.4, 0.5) is 5.69 Å². The van der Waals surface area contributed by atoms with Gasteiger partial charge in [-0.2, -0.15) is 0 Å². The van der Waals surface area contributed by atoms with Gasteiger partial charge in [-0.05, 0) is 43.5 Å². The molecule has 1 aliphatic carbocycles. The molecule has 1 saturated carbocycles. The predicted octanol–water partition coefficient (Wildman–Crippen LogP) is 4.63. The molecule has 1 atom stereocenters. The van der Waals surface area contributed by atoms with Crippen LogP contribution in [0.25, 0.3) is 0 Å². The van der Waals surface area contributed by atoms with Crippen molar-refractivity contribution in [2.24, 2.45) is 0 Å². The van der Waals surface area contributed by atoms with Crippen LogP contribution >= 0.6 is 23.2 Å². The molecule has 1 fully saturated rings. The number of hydrogen-bond donors (Lipinski definition) is 1. The number of hydrogen-bond acceptors (Lipinski definition) is 4. The number of nitrogens with one attached hydrogen (secondary N) is 1. The molecule has 35 heavy (non-hydrogen) atoms. The van der Waals surface area contributed by atoms with Crippen molar-refractivity contribution < 1.29 is 18.0 Å². The first-order valence-corrected chi connectivity index (χ1v) is 14.3. The van der Waals surface area contributed by atoms with Crippen LogP contribution < -0.4 is 9.62 Å². The minimum atomic E-state index is -3.77. The largest absolute Gasteiger partial charge is 0.352 e. The number of sulfonamides is 1. The van der Waals surface area contributed by atoms with E-state index in [-0.39, 0.29) is 18.5 Å². The maximum atomic E-state index is 13.7. The Bertz CT molecular complexity index is 1120. The van der Waals surface area contributed by atoms with Crippen molar-refractivity contribution in [3.05, 3.63) is 64.1 Å². The third kappa shape index (κ3) is 7.12. The summed E-state index contributed by atoms with van der Waals surface area (Å²) in [6.45, 7) is 1.33. The van der Waals surface area contributed by atoms with Crippen LogP contribution in [0.5, 0.6) is 0 Å². The Morgan fingerprint density at radius 3 is 2.17 bits per heavy atom. The summed E-state index contributed by atoms with van der Waals surface area (Å²) in [7, 11) is -3.77. The lowest BCUT2D eigenvalue weighted by Gasteiger charge is -2.33. The van der Waals surface area contributed by atoms with Crippen molar-refractivity contribution in [2.75, 3.05) is 17.1 Å². The Labute approximate surface area is 217 Å². The predicted molar refractivity (Wildman–Crippen MR) is 140 cm³/mol. The van der Waals surface area contributed by atoms with Crippen LogP contribution in [-0.2, 0) is 26.2 Å². The first-order chi connectivity index (χ1) is 16.6. The lowest BCUT2D eigenvalue weighted by atomic mass is 10.1. The standard InChI is InChI=1S/C25H31Cl2N3O4S/c1-3-23(25(32)28-18-10-7-8-11-18)29(16-20-21(26)14-9-15-22(20)27)24(31)17-30(35(2,33)34)19-12-5-4-6-13-19/h4-6,9,12-15,18,23H,3,7-8,10-11,16-17H2,1-2H3,(H,28,32)/t23-/m1/s1. The second-order valence-corrected chi connectivity index (χ2v) is 11.5. The number of carbonyl (C=O) groups is 2. The van der Waals surface area contributed by atoms with Gasteiger partial charge in [-0.15, -0.1) is 0 Å². The van der Waals surface area contributed by atoms with Crippen LogP contribution in [0.2, 0.25) is 10.0 Å².